The van der Waals surface area contributed by atoms with Crippen LogP contribution in [0.2, 0.25) is 5.02 Å². The van der Waals surface area contributed by atoms with E-state index >= 15 is 0 Å². The number of ether oxygens (including phenoxy) is 2. The van der Waals surface area contributed by atoms with Crippen LogP contribution >= 0.6 is 11.6 Å². The summed E-state index contributed by atoms with van der Waals surface area (Å²) in [6.07, 6.45) is 0. The average Bonchev–Trinajstić information content (AvgIpc) is 3.15. The van der Waals surface area contributed by atoms with E-state index in [9.17, 15) is 18.0 Å². The van der Waals surface area contributed by atoms with E-state index < -0.39 is 28.5 Å². The molecule has 0 unspecified atom stereocenters. The Bertz CT molecular complexity index is 1310. The van der Waals surface area contributed by atoms with Crippen molar-refractivity contribution in [2.75, 3.05) is 38.2 Å². The molecule has 4 rings (SSSR count). The monoisotopic (exact) mass is 491 g/mol. The molecule has 1 aromatic heterocycles. The molecule has 0 spiro atoms. The number of anilines is 1. The second-order valence-electron chi connectivity index (χ2n) is 7.45. The number of amides is 1. The Morgan fingerprint density at radius 1 is 1.18 bits per heavy atom. The van der Waals surface area contributed by atoms with Crippen LogP contribution in [0.3, 0.4) is 0 Å². The molecule has 0 atom stereocenters. The molecule has 174 valence electrons. The lowest BCUT2D eigenvalue weighted by molar-refractivity contribution is -0.119. The number of aromatic amines is 1. The van der Waals surface area contributed by atoms with Crippen molar-refractivity contribution in [2.45, 2.75) is 11.8 Å². The van der Waals surface area contributed by atoms with Crippen molar-refractivity contribution in [3.63, 3.8) is 0 Å². The number of hydrogen-bond acceptors (Lipinski definition) is 6. The van der Waals surface area contributed by atoms with Crippen LogP contribution in [-0.4, -0.2) is 62.5 Å². The van der Waals surface area contributed by atoms with Crippen LogP contribution in [0.4, 0.5) is 5.69 Å². The Morgan fingerprint density at radius 3 is 2.67 bits per heavy atom. The fourth-order valence-corrected chi connectivity index (χ4v) is 5.23. The van der Waals surface area contributed by atoms with Gasteiger partial charge in [0.25, 0.3) is 5.91 Å². The molecule has 1 aliphatic heterocycles. The molecule has 2 aromatic carbocycles. The van der Waals surface area contributed by atoms with Crippen LogP contribution < -0.4 is 5.32 Å². The number of nitrogens with one attached hydrogen (secondary N) is 2. The van der Waals surface area contributed by atoms with Crippen molar-refractivity contribution in [1.29, 1.82) is 0 Å². The number of aryl methyl sites for hydroxylation is 1. The topological polar surface area (TPSA) is 118 Å². The average molecular weight is 492 g/mol. The van der Waals surface area contributed by atoms with E-state index in [2.05, 4.69) is 10.3 Å². The van der Waals surface area contributed by atoms with Crippen LogP contribution in [0.15, 0.2) is 47.4 Å². The number of hydrogen-bond donors (Lipinski definition) is 2. The standard InChI is InChI=1S/C22H22ClN3O6S/c1-14-21(16-4-2-3-5-18(16)24-14)22(28)32-13-20(27)25-19-12-15(6-7-17(19)23)33(29,30)26-8-10-31-11-9-26/h2-7,12,24H,8-11,13H2,1H3,(H,25,27). The van der Waals surface area contributed by atoms with Gasteiger partial charge in [0.1, 0.15) is 0 Å². The molecular weight excluding hydrogens is 470 g/mol. The summed E-state index contributed by atoms with van der Waals surface area (Å²) in [4.78, 5) is 28.1. The first kappa shape index (κ1) is 23.2. The predicted octanol–water partition coefficient (Wildman–Crippen LogP) is 2.95. The van der Waals surface area contributed by atoms with E-state index in [0.717, 1.165) is 5.52 Å². The third-order valence-electron chi connectivity index (χ3n) is 5.25. The number of halogens is 1. The number of nitrogens with zero attached hydrogens (tertiary/aromatic N) is 1. The molecule has 1 fully saturated rings. The molecule has 1 aliphatic rings. The summed E-state index contributed by atoms with van der Waals surface area (Å²) in [6, 6.07) is 11.3. The van der Waals surface area contributed by atoms with Gasteiger partial charge in [-0.15, -0.1) is 0 Å². The minimum atomic E-state index is -3.76. The first-order valence-electron chi connectivity index (χ1n) is 10.2. The molecule has 1 amide bonds. The Hall–Kier alpha value is -2.92. The number of morpholine rings is 1. The molecule has 1 saturated heterocycles. The van der Waals surface area contributed by atoms with Crippen molar-refractivity contribution in [3.8, 4) is 0 Å². The lowest BCUT2D eigenvalue weighted by atomic mass is 10.1. The van der Waals surface area contributed by atoms with Gasteiger partial charge in [-0.05, 0) is 31.2 Å². The number of rotatable bonds is 6. The van der Waals surface area contributed by atoms with Crippen molar-refractivity contribution < 1.29 is 27.5 Å². The smallest absolute Gasteiger partial charge is 0.341 e. The third kappa shape index (κ3) is 4.88. The van der Waals surface area contributed by atoms with E-state index in [1.165, 1.54) is 22.5 Å². The number of sulfonamides is 1. The Kier molecular flexibility index (Phi) is 6.71. The highest BCUT2D eigenvalue weighted by molar-refractivity contribution is 7.89. The van der Waals surface area contributed by atoms with E-state index in [0.29, 0.717) is 29.9 Å². The van der Waals surface area contributed by atoms with Gasteiger partial charge < -0.3 is 19.8 Å². The fraction of sp³-hybridized carbons (Fsp3) is 0.273. The second-order valence-corrected chi connectivity index (χ2v) is 9.80. The lowest BCUT2D eigenvalue weighted by Gasteiger charge is -2.26. The third-order valence-corrected chi connectivity index (χ3v) is 7.48. The number of para-hydroxylation sites is 1. The summed E-state index contributed by atoms with van der Waals surface area (Å²) in [7, 11) is -3.76. The molecule has 0 bridgehead atoms. The normalized spacial score (nSPS) is 14.8. The fourth-order valence-electron chi connectivity index (χ4n) is 3.63. The number of H-pyrrole nitrogens is 1. The van der Waals surface area contributed by atoms with Gasteiger partial charge in [0, 0.05) is 29.7 Å². The maximum absolute atomic E-state index is 12.9. The molecule has 0 saturated carbocycles. The zero-order valence-electron chi connectivity index (χ0n) is 17.8. The molecule has 2 heterocycles. The minimum absolute atomic E-state index is 0.00416. The molecule has 11 heteroatoms. The van der Waals surface area contributed by atoms with E-state index in [-0.39, 0.29) is 28.7 Å². The molecular formula is C22H22ClN3O6S. The van der Waals surface area contributed by atoms with Crippen molar-refractivity contribution >= 4 is 50.1 Å². The number of carbonyl (C=O) groups is 2. The van der Waals surface area contributed by atoms with E-state index in [4.69, 9.17) is 21.1 Å². The summed E-state index contributed by atoms with van der Waals surface area (Å²) < 4.78 is 37.4. The summed E-state index contributed by atoms with van der Waals surface area (Å²) in [6.45, 7) is 2.31. The predicted molar refractivity (Wildman–Crippen MR) is 123 cm³/mol. The SMILES string of the molecule is Cc1[nH]c2ccccc2c1C(=O)OCC(=O)Nc1cc(S(=O)(=O)N2CCOCC2)ccc1Cl. The number of fused-ring (bicyclic) bond motifs is 1. The Labute approximate surface area is 195 Å². The quantitative estimate of drug-likeness (QED) is 0.512. The highest BCUT2D eigenvalue weighted by Crippen LogP contribution is 2.27. The molecule has 9 nitrogen and oxygen atoms in total. The Morgan fingerprint density at radius 2 is 1.91 bits per heavy atom. The second kappa shape index (κ2) is 9.52. The summed E-state index contributed by atoms with van der Waals surface area (Å²) in [5.41, 5.74) is 1.88. The van der Waals surface area contributed by atoms with Gasteiger partial charge in [0.15, 0.2) is 6.61 Å². The Balaban J connectivity index is 1.44. The van der Waals surface area contributed by atoms with E-state index in [1.807, 2.05) is 12.1 Å². The maximum Gasteiger partial charge on any atom is 0.341 e. The largest absolute Gasteiger partial charge is 0.452 e. The zero-order chi connectivity index (χ0) is 23.6. The van der Waals surface area contributed by atoms with Crippen LogP contribution in [0.25, 0.3) is 10.9 Å². The van der Waals surface area contributed by atoms with Gasteiger partial charge in [-0.1, -0.05) is 29.8 Å². The lowest BCUT2D eigenvalue weighted by Crippen LogP contribution is -2.40. The molecule has 0 radical (unpaired) electrons. The van der Waals surface area contributed by atoms with Gasteiger partial charge >= 0.3 is 5.97 Å². The van der Waals surface area contributed by atoms with Gasteiger partial charge in [0.2, 0.25) is 10.0 Å². The van der Waals surface area contributed by atoms with Crippen molar-refractivity contribution in [2.24, 2.45) is 0 Å². The minimum Gasteiger partial charge on any atom is -0.452 e. The number of carbonyl (C=O) groups excluding carboxylic acids is 2. The van der Waals surface area contributed by atoms with Crippen molar-refractivity contribution in [3.05, 3.63) is 58.7 Å². The van der Waals surface area contributed by atoms with E-state index in [1.54, 1.807) is 19.1 Å². The molecule has 0 aliphatic carbocycles. The van der Waals surface area contributed by atoms with Gasteiger partial charge in [-0.25, -0.2) is 13.2 Å². The maximum atomic E-state index is 12.9. The molecule has 3 aromatic rings. The van der Waals surface area contributed by atoms with Crippen LogP contribution in [0, 0.1) is 6.92 Å². The van der Waals surface area contributed by atoms with Gasteiger partial charge in [0.05, 0.1) is 34.4 Å². The first-order chi connectivity index (χ1) is 15.8. The highest BCUT2D eigenvalue weighted by atomic mass is 35.5. The molecule has 33 heavy (non-hydrogen) atoms. The summed E-state index contributed by atoms with van der Waals surface area (Å²) >= 11 is 6.15. The van der Waals surface area contributed by atoms with Gasteiger partial charge in [-0.3, -0.25) is 4.79 Å². The first-order valence-corrected chi connectivity index (χ1v) is 12.0. The van der Waals surface area contributed by atoms with Gasteiger partial charge in [-0.2, -0.15) is 4.31 Å². The van der Waals surface area contributed by atoms with Crippen LogP contribution in [0.5, 0.6) is 0 Å². The zero-order valence-corrected chi connectivity index (χ0v) is 19.3. The van der Waals surface area contributed by atoms with Crippen molar-refractivity contribution in [1.82, 2.24) is 9.29 Å². The number of aromatic nitrogens is 1. The summed E-state index contributed by atoms with van der Waals surface area (Å²) in [5, 5.41) is 3.37. The highest BCUT2D eigenvalue weighted by Gasteiger charge is 2.27. The van der Waals surface area contributed by atoms with Crippen LogP contribution in [-0.2, 0) is 24.3 Å². The molecule has 2 N–H and O–H groups in total. The number of benzene rings is 2. The number of esters is 1. The van der Waals surface area contributed by atoms with Crippen LogP contribution in [0.1, 0.15) is 16.1 Å². The summed E-state index contributed by atoms with van der Waals surface area (Å²) in [5.74, 6) is -1.29.